The Balaban J connectivity index is 0. The summed E-state index contributed by atoms with van der Waals surface area (Å²) in [6.45, 7) is 0. The van der Waals surface area contributed by atoms with Crippen LogP contribution < -0.4 is 11.1 Å². The van der Waals surface area contributed by atoms with E-state index in [2.05, 4.69) is 16.4 Å². The van der Waals surface area contributed by atoms with Crippen molar-refractivity contribution in [1.82, 2.24) is 10.3 Å². The van der Waals surface area contributed by atoms with Gasteiger partial charge in [0.15, 0.2) is 0 Å². The number of nitrogens with one attached hydrogen (secondary N) is 1. The lowest BCUT2D eigenvalue weighted by atomic mass is 10.3. The first kappa shape index (κ1) is 19.6. The molecule has 0 aliphatic carbocycles. The van der Waals surface area contributed by atoms with Crippen LogP contribution in [-0.2, 0) is 0 Å². The lowest BCUT2D eigenvalue weighted by Gasteiger charge is -2.09. The highest BCUT2D eigenvalue weighted by Crippen LogP contribution is 2.30. The molecule has 0 amide bonds. The first-order valence-electron chi connectivity index (χ1n) is 4.54. The van der Waals surface area contributed by atoms with Gasteiger partial charge in [-0.2, -0.15) is 0 Å². The summed E-state index contributed by atoms with van der Waals surface area (Å²) in [5, 5.41) is 17.5. The first-order valence-corrected chi connectivity index (χ1v) is 5.59. The normalized spacial score (nSPS) is 20.7. The van der Waals surface area contributed by atoms with Gasteiger partial charge < -0.3 is 15.9 Å². The summed E-state index contributed by atoms with van der Waals surface area (Å²) in [5.74, 6) is 0.972. The Kier molecular flexibility index (Phi) is 11.1. The zero-order valence-electron chi connectivity index (χ0n) is 9.22. The Morgan fingerprint density at radius 1 is 1.50 bits per heavy atom. The van der Waals surface area contributed by atoms with Crippen molar-refractivity contribution < 1.29 is 15.0 Å². The Morgan fingerprint density at radius 2 is 2.11 bits per heavy atom. The second kappa shape index (κ2) is 10.2. The Hall–Kier alpha value is -0.730. The van der Waals surface area contributed by atoms with Gasteiger partial charge in [-0.25, -0.2) is 4.79 Å². The van der Waals surface area contributed by atoms with Crippen LogP contribution in [0.5, 0.6) is 0 Å². The van der Waals surface area contributed by atoms with Gasteiger partial charge in [0.05, 0.1) is 11.5 Å². The minimum Gasteiger partial charge on any atom is -0.450 e. The number of nitrogens with two attached hydrogens (primary N) is 1. The molecule has 1 saturated heterocycles. The zero-order chi connectivity index (χ0) is 12.0. The van der Waals surface area contributed by atoms with E-state index in [1.807, 2.05) is 24.0 Å². The highest BCUT2D eigenvalue weighted by atomic mass is 35.5. The average molecular weight is 316 g/mol. The van der Waals surface area contributed by atoms with Crippen molar-refractivity contribution >= 4 is 42.7 Å². The Labute approximate surface area is 121 Å². The monoisotopic (exact) mass is 315 g/mol. The maximum absolute atomic E-state index is 8.56. The molecule has 1 aliphatic rings. The quantitative estimate of drug-likeness (QED) is 0.625. The predicted octanol–water partition coefficient (Wildman–Crippen LogP) is 1.77. The van der Waals surface area contributed by atoms with Crippen LogP contribution in [0.15, 0.2) is 24.5 Å². The van der Waals surface area contributed by atoms with Gasteiger partial charge in [-0.15, -0.1) is 36.6 Å². The molecule has 18 heavy (non-hydrogen) atoms. The van der Waals surface area contributed by atoms with Gasteiger partial charge in [-0.1, -0.05) is 6.07 Å². The molecule has 0 aromatic carbocycles. The van der Waals surface area contributed by atoms with Crippen LogP contribution in [0.2, 0.25) is 0 Å². The number of halogens is 2. The van der Waals surface area contributed by atoms with Crippen molar-refractivity contribution in [3.8, 4) is 0 Å². The molecule has 2 atom stereocenters. The highest BCUT2D eigenvalue weighted by Gasteiger charge is 2.22. The number of thioether (sulfide) groups is 1. The van der Waals surface area contributed by atoms with Crippen molar-refractivity contribution in [2.75, 3.05) is 5.75 Å². The topological polar surface area (TPSA) is 108 Å². The third-order valence-corrected chi connectivity index (χ3v) is 3.09. The Bertz CT molecular complexity index is 341. The van der Waals surface area contributed by atoms with Crippen LogP contribution in [0.1, 0.15) is 10.9 Å². The molecular formula is C9H15Cl2N3O3S. The van der Waals surface area contributed by atoms with Crippen molar-refractivity contribution in [1.29, 1.82) is 0 Å². The molecular weight excluding hydrogens is 301 g/mol. The van der Waals surface area contributed by atoms with Crippen LogP contribution in [-0.4, -0.2) is 33.3 Å². The van der Waals surface area contributed by atoms with Gasteiger partial charge in [-0.05, 0) is 11.6 Å². The number of rotatable bonds is 1. The molecule has 2 heterocycles. The second-order valence-corrected chi connectivity index (χ2v) is 4.19. The SMILES string of the molecule is Cl.Cl.NC1CSC(c2cccnc2)N1.O=C(O)O. The van der Waals surface area contributed by atoms with Crippen molar-refractivity contribution in [3.05, 3.63) is 30.1 Å². The summed E-state index contributed by atoms with van der Waals surface area (Å²) in [4.78, 5) is 12.6. The third-order valence-electron chi connectivity index (χ3n) is 1.80. The lowest BCUT2D eigenvalue weighted by molar-refractivity contribution is 0.137. The van der Waals surface area contributed by atoms with Crippen molar-refractivity contribution in [2.24, 2.45) is 5.73 Å². The summed E-state index contributed by atoms with van der Waals surface area (Å²) in [6, 6.07) is 4.01. The molecule has 0 spiro atoms. The van der Waals surface area contributed by atoms with Gasteiger partial charge in [0.1, 0.15) is 0 Å². The number of pyridine rings is 1. The molecule has 5 N–H and O–H groups in total. The van der Waals surface area contributed by atoms with E-state index in [1.54, 1.807) is 6.20 Å². The number of aromatic nitrogens is 1. The fraction of sp³-hybridized carbons (Fsp3) is 0.333. The molecule has 1 aromatic rings. The van der Waals surface area contributed by atoms with E-state index in [0.717, 1.165) is 5.75 Å². The number of hydrogen-bond donors (Lipinski definition) is 4. The lowest BCUT2D eigenvalue weighted by Crippen LogP contribution is -2.34. The summed E-state index contributed by atoms with van der Waals surface area (Å²) < 4.78 is 0. The van der Waals surface area contributed by atoms with E-state index >= 15 is 0 Å². The smallest absolute Gasteiger partial charge is 0.450 e. The van der Waals surface area contributed by atoms with Crippen LogP contribution in [0.4, 0.5) is 4.79 Å². The molecule has 0 saturated carbocycles. The molecule has 6 nitrogen and oxygen atoms in total. The fourth-order valence-corrected chi connectivity index (χ4v) is 2.31. The number of carbonyl (C=O) groups is 1. The van der Waals surface area contributed by atoms with Gasteiger partial charge in [0.25, 0.3) is 0 Å². The molecule has 2 unspecified atom stereocenters. The molecule has 1 aromatic heterocycles. The van der Waals surface area contributed by atoms with E-state index in [9.17, 15) is 0 Å². The molecule has 2 rings (SSSR count). The van der Waals surface area contributed by atoms with E-state index in [0.29, 0.717) is 5.37 Å². The first-order chi connectivity index (χ1) is 7.59. The summed E-state index contributed by atoms with van der Waals surface area (Å²) in [5.41, 5.74) is 6.91. The molecule has 1 aliphatic heterocycles. The number of hydrogen-bond acceptors (Lipinski definition) is 5. The molecule has 0 radical (unpaired) electrons. The second-order valence-electron chi connectivity index (χ2n) is 3.06. The maximum atomic E-state index is 8.56. The number of nitrogens with zero attached hydrogens (tertiary/aromatic N) is 1. The maximum Gasteiger partial charge on any atom is 0.503 e. The summed E-state index contributed by atoms with van der Waals surface area (Å²) in [7, 11) is 0. The number of carboxylic acid groups (broad SMARTS) is 2. The minimum absolute atomic E-state index is 0. The predicted molar refractivity (Wildman–Crippen MR) is 75.7 cm³/mol. The average Bonchev–Trinajstić information content (AvgIpc) is 2.65. The van der Waals surface area contributed by atoms with Gasteiger partial charge >= 0.3 is 6.16 Å². The van der Waals surface area contributed by atoms with E-state index in [-0.39, 0.29) is 31.0 Å². The Morgan fingerprint density at radius 3 is 2.50 bits per heavy atom. The summed E-state index contributed by atoms with van der Waals surface area (Å²) >= 11 is 1.83. The minimum atomic E-state index is -1.83. The fourth-order valence-electron chi connectivity index (χ4n) is 1.21. The standard InChI is InChI=1S/C8H11N3S.CH2O3.2ClH/c9-7-5-12-8(11-7)6-2-1-3-10-4-6;2-1(3)4;;/h1-4,7-8,11H,5,9H2;(H2,2,3,4);2*1H. The molecule has 104 valence electrons. The van der Waals surface area contributed by atoms with Crippen LogP contribution in [0, 0.1) is 0 Å². The summed E-state index contributed by atoms with van der Waals surface area (Å²) in [6.07, 6.45) is 1.95. The largest absolute Gasteiger partial charge is 0.503 e. The van der Waals surface area contributed by atoms with E-state index in [4.69, 9.17) is 20.7 Å². The van der Waals surface area contributed by atoms with Gasteiger partial charge in [0, 0.05) is 18.1 Å². The van der Waals surface area contributed by atoms with E-state index < -0.39 is 6.16 Å². The third kappa shape index (κ3) is 7.57. The zero-order valence-corrected chi connectivity index (χ0v) is 11.7. The molecule has 0 bridgehead atoms. The van der Waals surface area contributed by atoms with Crippen molar-refractivity contribution in [3.63, 3.8) is 0 Å². The highest BCUT2D eigenvalue weighted by molar-refractivity contribution is 7.99. The molecule has 1 fully saturated rings. The van der Waals surface area contributed by atoms with E-state index in [1.165, 1.54) is 5.56 Å². The van der Waals surface area contributed by atoms with Crippen LogP contribution >= 0.6 is 36.6 Å². The molecule has 9 heteroatoms. The van der Waals surface area contributed by atoms with Crippen LogP contribution in [0.25, 0.3) is 0 Å². The van der Waals surface area contributed by atoms with Gasteiger partial charge in [-0.3, -0.25) is 10.3 Å². The van der Waals surface area contributed by atoms with Gasteiger partial charge in [0.2, 0.25) is 0 Å². The van der Waals surface area contributed by atoms with Crippen molar-refractivity contribution in [2.45, 2.75) is 11.5 Å². The van der Waals surface area contributed by atoms with Crippen LogP contribution in [0.3, 0.4) is 0 Å².